The Morgan fingerprint density at radius 1 is 1.04 bits per heavy atom. The van der Waals surface area contributed by atoms with Crippen LogP contribution in [0.5, 0.6) is 0 Å². The zero-order valence-electron chi connectivity index (χ0n) is 13.6. The predicted octanol–water partition coefficient (Wildman–Crippen LogP) is 3.01. The van der Waals surface area contributed by atoms with Crippen LogP contribution in [0.1, 0.15) is 31.0 Å². The summed E-state index contributed by atoms with van der Waals surface area (Å²) in [7, 11) is -3.69. The highest BCUT2D eigenvalue weighted by Crippen LogP contribution is 2.15. The van der Waals surface area contributed by atoms with E-state index in [0.29, 0.717) is 5.56 Å². The van der Waals surface area contributed by atoms with Crippen LogP contribution in [0.15, 0.2) is 54.6 Å². The monoisotopic (exact) mass is 349 g/mol. The molecule has 6 heteroatoms. The van der Waals surface area contributed by atoms with Gasteiger partial charge in [0.25, 0.3) is 0 Å². The van der Waals surface area contributed by atoms with E-state index in [-0.39, 0.29) is 11.8 Å². The van der Waals surface area contributed by atoms with Crippen molar-refractivity contribution < 1.29 is 17.6 Å². The number of sulfone groups is 1. The third-order valence-electron chi connectivity index (χ3n) is 3.85. The molecule has 1 amide bonds. The van der Waals surface area contributed by atoms with Gasteiger partial charge in [-0.1, -0.05) is 42.5 Å². The van der Waals surface area contributed by atoms with Gasteiger partial charge in [-0.2, -0.15) is 0 Å². The molecule has 0 unspecified atom stereocenters. The Kier molecular flexibility index (Phi) is 5.72. The fourth-order valence-electron chi connectivity index (χ4n) is 2.26. The van der Waals surface area contributed by atoms with E-state index < -0.39 is 26.8 Å². The lowest BCUT2D eigenvalue weighted by Crippen LogP contribution is -2.39. The number of rotatable bonds is 6. The molecule has 0 aromatic heterocycles. The summed E-state index contributed by atoms with van der Waals surface area (Å²) in [5.74, 6) is -1.28. The van der Waals surface area contributed by atoms with Gasteiger partial charge in [0.1, 0.15) is 11.1 Å². The molecule has 0 radical (unpaired) electrons. The minimum absolute atomic E-state index is 0.290. The summed E-state index contributed by atoms with van der Waals surface area (Å²) in [5.41, 5.74) is 1.35. The first kappa shape index (κ1) is 18.1. The quantitative estimate of drug-likeness (QED) is 0.872. The summed E-state index contributed by atoms with van der Waals surface area (Å²) in [6.07, 6.45) is 0. The lowest BCUT2D eigenvalue weighted by atomic mass is 10.1. The SMILES string of the molecule is C[C@H](NC(=O)[C@H](C)S(=O)(=O)Cc1ccc(F)cc1)c1ccccc1. The molecule has 0 heterocycles. The van der Waals surface area contributed by atoms with Gasteiger partial charge in [-0.3, -0.25) is 4.79 Å². The molecule has 2 rings (SSSR count). The molecule has 128 valence electrons. The van der Waals surface area contributed by atoms with Crippen LogP contribution < -0.4 is 5.32 Å². The van der Waals surface area contributed by atoms with Crippen LogP contribution in [0, 0.1) is 5.82 Å². The number of halogens is 1. The van der Waals surface area contributed by atoms with E-state index >= 15 is 0 Å². The average Bonchev–Trinajstić information content (AvgIpc) is 2.56. The average molecular weight is 349 g/mol. The van der Waals surface area contributed by atoms with Crippen molar-refractivity contribution in [1.29, 1.82) is 0 Å². The first-order valence-electron chi connectivity index (χ1n) is 7.61. The van der Waals surface area contributed by atoms with E-state index in [4.69, 9.17) is 0 Å². The fourth-order valence-corrected chi connectivity index (χ4v) is 3.56. The van der Waals surface area contributed by atoms with Gasteiger partial charge in [0, 0.05) is 0 Å². The number of nitrogens with one attached hydrogen (secondary N) is 1. The van der Waals surface area contributed by atoms with Crippen molar-refractivity contribution in [2.45, 2.75) is 30.9 Å². The summed E-state index contributed by atoms with van der Waals surface area (Å²) in [5, 5.41) is 1.53. The molecule has 0 fully saturated rings. The number of carbonyl (C=O) groups excluding carboxylic acids is 1. The molecule has 0 bridgehead atoms. The number of benzene rings is 2. The number of hydrogen-bond donors (Lipinski definition) is 1. The van der Waals surface area contributed by atoms with E-state index in [2.05, 4.69) is 5.32 Å². The molecule has 0 aliphatic rings. The van der Waals surface area contributed by atoms with Gasteiger partial charge in [-0.05, 0) is 37.1 Å². The molecule has 24 heavy (non-hydrogen) atoms. The highest BCUT2D eigenvalue weighted by atomic mass is 32.2. The molecular weight excluding hydrogens is 329 g/mol. The molecule has 0 aliphatic heterocycles. The Morgan fingerprint density at radius 3 is 2.21 bits per heavy atom. The fraction of sp³-hybridized carbons (Fsp3) is 0.278. The highest BCUT2D eigenvalue weighted by Gasteiger charge is 2.29. The van der Waals surface area contributed by atoms with E-state index in [0.717, 1.165) is 5.56 Å². The molecule has 4 nitrogen and oxygen atoms in total. The van der Waals surface area contributed by atoms with Crippen molar-refractivity contribution in [3.8, 4) is 0 Å². The summed E-state index contributed by atoms with van der Waals surface area (Å²) < 4.78 is 37.7. The van der Waals surface area contributed by atoms with Gasteiger partial charge in [0.05, 0.1) is 11.8 Å². The minimum Gasteiger partial charge on any atom is -0.348 e. The number of amides is 1. The summed E-state index contributed by atoms with van der Waals surface area (Å²) in [6.45, 7) is 3.17. The largest absolute Gasteiger partial charge is 0.348 e. The minimum atomic E-state index is -3.69. The van der Waals surface area contributed by atoms with E-state index in [1.54, 1.807) is 6.92 Å². The molecule has 0 aliphatic carbocycles. The van der Waals surface area contributed by atoms with E-state index in [1.807, 2.05) is 30.3 Å². The molecule has 2 aromatic rings. The zero-order chi connectivity index (χ0) is 17.7. The Hall–Kier alpha value is -2.21. The third-order valence-corrected chi connectivity index (χ3v) is 5.87. The van der Waals surface area contributed by atoms with Crippen molar-refractivity contribution >= 4 is 15.7 Å². The maximum atomic E-state index is 12.9. The first-order chi connectivity index (χ1) is 11.3. The second-order valence-corrected chi connectivity index (χ2v) is 8.04. The second kappa shape index (κ2) is 7.57. The normalized spacial score (nSPS) is 14.0. The summed E-state index contributed by atoms with van der Waals surface area (Å²) in [4.78, 5) is 12.3. The molecule has 0 saturated heterocycles. The Bertz CT molecular complexity index is 789. The molecule has 2 atom stereocenters. The standard InChI is InChI=1S/C18H20FNO3S/c1-13(16-6-4-3-5-7-16)20-18(21)14(2)24(22,23)12-15-8-10-17(19)11-9-15/h3-11,13-14H,12H2,1-2H3,(H,20,21)/t13-,14-/m0/s1. The lowest BCUT2D eigenvalue weighted by molar-refractivity contribution is -0.121. The topological polar surface area (TPSA) is 63.2 Å². The zero-order valence-corrected chi connectivity index (χ0v) is 14.4. The maximum absolute atomic E-state index is 12.9. The Labute approximate surface area is 141 Å². The van der Waals surface area contributed by atoms with Crippen LogP contribution >= 0.6 is 0 Å². The molecule has 2 aromatic carbocycles. The van der Waals surface area contributed by atoms with E-state index in [1.165, 1.54) is 31.2 Å². The second-order valence-electron chi connectivity index (χ2n) is 5.72. The van der Waals surface area contributed by atoms with Crippen LogP contribution in [0.25, 0.3) is 0 Å². The number of carbonyl (C=O) groups is 1. The van der Waals surface area contributed by atoms with Crippen molar-refractivity contribution in [2.75, 3.05) is 0 Å². The van der Waals surface area contributed by atoms with Crippen molar-refractivity contribution in [3.63, 3.8) is 0 Å². The first-order valence-corrected chi connectivity index (χ1v) is 9.32. The number of hydrogen-bond acceptors (Lipinski definition) is 3. The van der Waals surface area contributed by atoms with Crippen LogP contribution in [0.3, 0.4) is 0 Å². The molecule has 0 spiro atoms. The van der Waals surface area contributed by atoms with Gasteiger partial charge in [0.15, 0.2) is 9.84 Å². The third kappa shape index (κ3) is 4.64. The molecule has 0 saturated carbocycles. The van der Waals surface area contributed by atoms with Crippen LogP contribution in [-0.4, -0.2) is 19.6 Å². The van der Waals surface area contributed by atoms with Crippen LogP contribution in [0.4, 0.5) is 4.39 Å². The lowest BCUT2D eigenvalue weighted by Gasteiger charge is -2.18. The van der Waals surface area contributed by atoms with Gasteiger partial charge in [0.2, 0.25) is 5.91 Å². The van der Waals surface area contributed by atoms with Crippen molar-refractivity contribution in [2.24, 2.45) is 0 Å². The Morgan fingerprint density at radius 2 is 1.62 bits per heavy atom. The van der Waals surface area contributed by atoms with Gasteiger partial charge in [-0.25, -0.2) is 12.8 Å². The van der Waals surface area contributed by atoms with Crippen LogP contribution in [0.2, 0.25) is 0 Å². The summed E-state index contributed by atoms with van der Waals surface area (Å²) in [6, 6.07) is 14.2. The van der Waals surface area contributed by atoms with Gasteiger partial charge in [-0.15, -0.1) is 0 Å². The van der Waals surface area contributed by atoms with Crippen LogP contribution in [-0.2, 0) is 20.4 Å². The van der Waals surface area contributed by atoms with Crippen molar-refractivity contribution in [1.82, 2.24) is 5.32 Å². The van der Waals surface area contributed by atoms with Gasteiger partial charge < -0.3 is 5.32 Å². The van der Waals surface area contributed by atoms with Gasteiger partial charge >= 0.3 is 0 Å². The smallest absolute Gasteiger partial charge is 0.238 e. The predicted molar refractivity (Wildman–Crippen MR) is 91.5 cm³/mol. The maximum Gasteiger partial charge on any atom is 0.238 e. The van der Waals surface area contributed by atoms with Crippen molar-refractivity contribution in [3.05, 3.63) is 71.5 Å². The highest BCUT2D eigenvalue weighted by molar-refractivity contribution is 7.92. The molecule has 1 N–H and O–H groups in total. The molecular formula is C18H20FNO3S. The Balaban J connectivity index is 2.04. The summed E-state index contributed by atoms with van der Waals surface area (Å²) >= 11 is 0. The van der Waals surface area contributed by atoms with E-state index in [9.17, 15) is 17.6 Å².